The van der Waals surface area contributed by atoms with Gasteiger partial charge in [-0.2, -0.15) is 0 Å². The molecule has 2 aromatic heterocycles. The molecule has 1 aliphatic carbocycles. The van der Waals surface area contributed by atoms with Gasteiger partial charge in [-0.05, 0) is 80.8 Å². The first-order valence-electron chi connectivity index (χ1n) is 18.6. The molecule has 0 saturated heterocycles. The lowest BCUT2D eigenvalue weighted by molar-refractivity contribution is 0.768. The molecule has 55 heavy (non-hydrogen) atoms. The van der Waals surface area contributed by atoms with Crippen molar-refractivity contribution in [3.63, 3.8) is 0 Å². The molecule has 0 unspecified atom stereocenters. The molecule has 10 rings (SSSR count). The van der Waals surface area contributed by atoms with Gasteiger partial charge in [0, 0.05) is 37.0 Å². The highest BCUT2D eigenvalue weighted by Gasteiger charge is 2.47. The Morgan fingerprint density at radius 1 is 0.564 bits per heavy atom. The molecule has 2 nitrogen and oxygen atoms in total. The highest BCUT2D eigenvalue weighted by molar-refractivity contribution is 7.26. The smallest absolute Gasteiger partial charge is 0.159 e. The Morgan fingerprint density at radius 2 is 1.20 bits per heavy atom. The van der Waals surface area contributed by atoms with Crippen molar-refractivity contribution in [2.45, 2.75) is 12.3 Å². The van der Waals surface area contributed by atoms with E-state index in [9.17, 15) is 0 Å². The van der Waals surface area contributed by atoms with Gasteiger partial charge in [-0.3, -0.25) is 0 Å². The molecule has 7 aromatic carbocycles. The van der Waals surface area contributed by atoms with Crippen LogP contribution in [0.15, 0.2) is 189 Å². The number of allylic oxidation sites excluding steroid dienone is 2. The zero-order chi connectivity index (χ0) is 37.1. The van der Waals surface area contributed by atoms with Crippen molar-refractivity contribution < 1.29 is 0 Å². The van der Waals surface area contributed by atoms with Crippen LogP contribution in [0.4, 0.5) is 0 Å². The van der Waals surface area contributed by atoms with E-state index in [2.05, 4.69) is 182 Å². The van der Waals surface area contributed by atoms with Gasteiger partial charge in [0.2, 0.25) is 0 Å². The zero-order valence-electron chi connectivity index (χ0n) is 30.5. The summed E-state index contributed by atoms with van der Waals surface area (Å²) in [6.07, 6.45) is 1.70. The average molecular weight is 721 g/mol. The first kappa shape index (κ1) is 32.9. The molecule has 9 aromatic rings. The Morgan fingerprint density at radius 3 is 1.95 bits per heavy atom. The number of aromatic nitrogens is 2. The van der Waals surface area contributed by atoms with Crippen LogP contribution < -0.4 is 0 Å². The molecule has 0 fully saturated rings. The number of hydrogen-bond acceptors (Lipinski definition) is 3. The van der Waals surface area contributed by atoms with E-state index in [-0.39, 0.29) is 0 Å². The summed E-state index contributed by atoms with van der Waals surface area (Å²) in [6.45, 7) is 9.96. The van der Waals surface area contributed by atoms with Gasteiger partial charge < -0.3 is 0 Å². The summed E-state index contributed by atoms with van der Waals surface area (Å²) in [4.78, 5) is 9.46. The maximum Gasteiger partial charge on any atom is 0.159 e. The number of aryl methyl sites for hydroxylation is 1. The zero-order valence-corrected chi connectivity index (χ0v) is 31.3. The minimum atomic E-state index is -0.484. The molecule has 0 N–H and O–H groups in total. The molecular weight excluding hydrogens is 685 g/mol. The number of thiophene rings is 1. The van der Waals surface area contributed by atoms with E-state index in [0.29, 0.717) is 11.4 Å². The Bertz CT molecular complexity index is 2920. The van der Waals surface area contributed by atoms with Crippen LogP contribution in [0, 0.1) is 6.92 Å². The number of rotatable bonds is 7. The van der Waals surface area contributed by atoms with Crippen LogP contribution in [0.3, 0.4) is 0 Å². The third kappa shape index (κ3) is 5.08. The summed E-state index contributed by atoms with van der Waals surface area (Å²) < 4.78 is 2.57. The molecule has 260 valence electrons. The van der Waals surface area contributed by atoms with Gasteiger partial charge in [-0.25, -0.2) is 9.97 Å². The normalized spacial score (nSPS) is 12.7. The lowest BCUT2D eigenvalue weighted by atomic mass is 9.67. The quantitative estimate of drug-likeness (QED) is 0.153. The predicted octanol–water partition coefficient (Wildman–Crippen LogP) is 13.7. The number of benzene rings is 7. The summed E-state index contributed by atoms with van der Waals surface area (Å²) in [5.74, 6) is 0.603. The van der Waals surface area contributed by atoms with Crippen molar-refractivity contribution in [1.82, 2.24) is 9.97 Å². The maximum absolute atomic E-state index is 4.85. The second-order valence-electron chi connectivity index (χ2n) is 14.2. The van der Waals surface area contributed by atoms with Crippen molar-refractivity contribution in [3.05, 3.63) is 223 Å². The van der Waals surface area contributed by atoms with Crippen LogP contribution in [-0.2, 0) is 5.41 Å². The largest absolute Gasteiger partial charge is 0.233 e. The van der Waals surface area contributed by atoms with E-state index in [1.165, 1.54) is 70.2 Å². The van der Waals surface area contributed by atoms with Gasteiger partial charge >= 0.3 is 0 Å². The molecule has 0 saturated carbocycles. The Balaban J connectivity index is 1.26. The minimum Gasteiger partial charge on any atom is -0.233 e. The molecule has 3 heteroatoms. The highest BCUT2D eigenvalue weighted by atomic mass is 32.1. The SMILES string of the molecule is C=CC(=C)c1nc(C)cc(-c2ccc(-c3ccc4sc5ccccc5c4c3-c3cccc4c3-c3ccccc3C4(c3ccccc3)c3ccccc3)cc2)n1. The lowest BCUT2D eigenvalue weighted by Gasteiger charge is -2.34. The maximum atomic E-state index is 4.85. The molecule has 0 bridgehead atoms. The van der Waals surface area contributed by atoms with Crippen molar-refractivity contribution in [2.75, 3.05) is 0 Å². The fraction of sp³-hybridized carbons (Fsp3) is 0.0385. The fourth-order valence-electron chi connectivity index (χ4n) is 8.81. The molecule has 0 amide bonds. The predicted molar refractivity (Wildman–Crippen MR) is 233 cm³/mol. The van der Waals surface area contributed by atoms with Gasteiger partial charge in [0.1, 0.15) is 0 Å². The van der Waals surface area contributed by atoms with E-state index in [1.807, 2.05) is 24.3 Å². The first-order valence-corrected chi connectivity index (χ1v) is 19.4. The van der Waals surface area contributed by atoms with Crippen molar-refractivity contribution in [2.24, 2.45) is 0 Å². The van der Waals surface area contributed by atoms with Crippen LogP contribution in [0.25, 0.3) is 70.4 Å². The number of nitrogens with zero attached hydrogens (tertiary/aromatic N) is 2. The molecule has 0 aliphatic heterocycles. The van der Waals surface area contributed by atoms with Crippen LogP contribution in [0.1, 0.15) is 33.8 Å². The van der Waals surface area contributed by atoms with E-state index in [0.717, 1.165) is 22.5 Å². The van der Waals surface area contributed by atoms with E-state index < -0.39 is 5.41 Å². The van der Waals surface area contributed by atoms with Crippen molar-refractivity contribution in [3.8, 4) is 44.6 Å². The minimum absolute atomic E-state index is 0.484. The Labute approximate surface area is 325 Å². The van der Waals surface area contributed by atoms with Gasteiger partial charge in [0.25, 0.3) is 0 Å². The topological polar surface area (TPSA) is 25.8 Å². The average Bonchev–Trinajstić information content (AvgIpc) is 3.78. The van der Waals surface area contributed by atoms with E-state index >= 15 is 0 Å². The van der Waals surface area contributed by atoms with Crippen LogP contribution in [0.2, 0.25) is 0 Å². The van der Waals surface area contributed by atoms with Crippen molar-refractivity contribution >= 4 is 37.1 Å². The molecule has 1 aliphatic rings. The van der Waals surface area contributed by atoms with Crippen LogP contribution >= 0.6 is 11.3 Å². The second kappa shape index (κ2) is 13.0. The van der Waals surface area contributed by atoms with Gasteiger partial charge in [-0.1, -0.05) is 171 Å². The molecule has 0 radical (unpaired) electrons. The van der Waals surface area contributed by atoms with E-state index in [1.54, 1.807) is 6.08 Å². The first-order chi connectivity index (χ1) is 27.1. The third-order valence-electron chi connectivity index (χ3n) is 11.2. The third-order valence-corrected chi connectivity index (χ3v) is 12.3. The molecule has 2 heterocycles. The summed E-state index contributed by atoms with van der Waals surface area (Å²) in [5.41, 5.74) is 15.6. The van der Waals surface area contributed by atoms with E-state index in [4.69, 9.17) is 4.98 Å². The summed E-state index contributed by atoms with van der Waals surface area (Å²) in [7, 11) is 0. The van der Waals surface area contributed by atoms with Crippen LogP contribution in [-0.4, -0.2) is 9.97 Å². The Kier molecular flexibility index (Phi) is 7.79. The Hall–Kier alpha value is -6.68. The number of hydrogen-bond donors (Lipinski definition) is 0. The molecular formula is C52H36N2S. The second-order valence-corrected chi connectivity index (χ2v) is 15.3. The highest BCUT2D eigenvalue weighted by Crippen LogP contribution is 2.59. The number of fused-ring (bicyclic) bond motifs is 6. The summed E-state index contributed by atoms with van der Waals surface area (Å²) >= 11 is 1.87. The van der Waals surface area contributed by atoms with Crippen molar-refractivity contribution in [1.29, 1.82) is 0 Å². The monoisotopic (exact) mass is 720 g/mol. The summed E-state index contributed by atoms with van der Waals surface area (Å²) in [5, 5.41) is 2.58. The van der Waals surface area contributed by atoms with Gasteiger partial charge in [0.05, 0.1) is 11.1 Å². The summed E-state index contributed by atoms with van der Waals surface area (Å²) in [6, 6.07) is 62.4. The van der Waals surface area contributed by atoms with Gasteiger partial charge in [0.15, 0.2) is 5.82 Å². The fourth-order valence-corrected chi connectivity index (χ4v) is 9.92. The molecule has 0 atom stereocenters. The van der Waals surface area contributed by atoms with Gasteiger partial charge in [-0.15, -0.1) is 11.3 Å². The standard InChI is InChI=1S/C52H36N2S/c1-4-33(2)51-53-34(3)32-45(54-51)36-28-26-35(27-29-36)39-30-31-47-50(41-21-12-14-25-46(41)55-47)49(39)42-22-15-24-44-48(42)40-20-11-13-23-43(40)52(44,37-16-7-5-8-17-37)38-18-9-6-10-19-38/h4-32H,1-2H2,3H3. The lowest BCUT2D eigenvalue weighted by Crippen LogP contribution is -2.28. The molecule has 0 spiro atoms. The van der Waals surface area contributed by atoms with Crippen LogP contribution in [0.5, 0.6) is 0 Å².